The maximum atomic E-state index is 4.32. The zero-order chi connectivity index (χ0) is 8.39. The number of aliphatic imine (C=N–C) groups is 1. The van der Waals surface area contributed by atoms with E-state index >= 15 is 0 Å². The van der Waals surface area contributed by atoms with E-state index in [-0.39, 0.29) is 0 Å². The van der Waals surface area contributed by atoms with Crippen LogP contribution in [0.3, 0.4) is 0 Å². The number of fused-ring (bicyclic) bond motifs is 1. The Balaban J connectivity index is 2.62. The topological polar surface area (TPSA) is 25.2 Å². The smallest absolute Gasteiger partial charge is 0.209 e. The van der Waals surface area contributed by atoms with Crippen LogP contribution in [0.15, 0.2) is 29.3 Å². The first kappa shape index (κ1) is 7.43. The van der Waals surface area contributed by atoms with Crippen molar-refractivity contribution in [1.29, 1.82) is 0 Å². The van der Waals surface area contributed by atoms with Crippen molar-refractivity contribution in [3.8, 4) is 0 Å². The number of nitrogens with zero attached hydrogens (tertiary/aromatic N) is 2. The molecule has 0 radical (unpaired) electrons. The molecule has 0 spiro atoms. The van der Waals surface area contributed by atoms with Crippen LogP contribution in [0.5, 0.6) is 0 Å². The van der Waals surface area contributed by atoms with Gasteiger partial charge in [0.15, 0.2) is 0 Å². The Morgan fingerprint density at radius 1 is 1.42 bits per heavy atom. The molecule has 0 atom stereocenters. The van der Waals surface area contributed by atoms with Crippen LogP contribution < -0.4 is 0 Å². The normalized spacial score (nSPS) is 11.4. The molecule has 60 valence electrons. The predicted octanol–water partition coefficient (Wildman–Crippen LogP) is 3.02. The molecule has 0 aliphatic rings. The highest BCUT2D eigenvalue weighted by molar-refractivity contribution is 7.21. The third kappa shape index (κ3) is 1.23. The van der Waals surface area contributed by atoms with Crippen LogP contribution in [0.25, 0.3) is 10.2 Å². The average molecular weight is 176 g/mol. The number of aromatic nitrogens is 1. The third-order valence-corrected chi connectivity index (χ3v) is 2.47. The molecule has 3 heteroatoms. The van der Waals surface area contributed by atoms with Crippen LogP contribution in [0, 0.1) is 0 Å². The molecule has 1 heterocycles. The summed E-state index contributed by atoms with van der Waals surface area (Å²) < 4.78 is 1.19. The monoisotopic (exact) mass is 176 g/mol. The lowest BCUT2D eigenvalue weighted by molar-refractivity contribution is 1.41. The van der Waals surface area contributed by atoms with Gasteiger partial charge in [-0.15, -0.1) is 0 Å². The highest BCUT2D eigenvalue weighted by Crippen LogP contribution is 2.26. The van der Waals surface area contributed by atoms with Crippen LogP contribution >= 0.6 is 11.3 Å². The molecule has 0 saturated heterocycles. The van der Waals surface area contributed by atoms with Gasteiger partial charge in [0.25, 0.3) is 0 Å². The molecule has 0 amide bonds. The molecule has 0 aliphatic heterocycles. The van der Waals surface area contributed by atoms with Crippen molar-refractivity contribution in [2.45, 2.75) is 6.92 Å². The van der Waals surface area contributed by atoms with E-state index in [1.165, 1.54) is 4.70 Å². The van der Waals surface area contributed by atoms with Gasteiger partial charge in [-0.05, 0) is 19.1 Å². The summed E-state index contributed by atoms with van der Waals surface area (Å²) in [4.78, 5) is 8.45. The van der Waals surface area contributed by atoms with Crippen molar-refractivity contribution in [3.63, 3.8) is 0 Å². The van der Waals surface area contributed by atoms with E-state index in [0.717, 1.165) is 10.6 Å². The molecule has 0 unspecified atom stereocenters. The Kier molecular flexibility index (Phi) is 1.87. The second-order valence-corrected chi connectivity index (χ2v) is 3.36. The van der Waals surface area contributed by atoms with Gasteiger partial charge in [-0.1, -0.05) is 23.5 Å². The summed E-state index contributed by atoms with van der Waals surface area (Å²) in [5.41, 5.74) is 1.03. The van der Waals surface area contributed by atoms with Crippen molar-refractivity contribution in [1.82, 2.24) is 4.98 Å². The molecule has 2 aromatic rings. The van der Waals surface area contributed by atoms with E-state index in [9.17, 15) is 0 Å². The van der Waals surface area contributed by atoms with Gasteiger partial charge in [-0.2, -0.15) is 0 Å². The van der Waals surface area contributed by atoms with Gasteiger partial charge in [0.2, 0.25) is 5.13 Å². The number of rotatable bonds is 1. The van der Waals surface area contributed by atoms with E-state index < -0.39 is 0 Å². The van der Waals surface area contributed by atoms with Crippen LogP contribution in [0.4, 0.5) is 5.13 Å². The minimum Gasteiger partial charge on any atom is -0.232 e. The van der Waals surface area contributed by atoms with Crippen molar-refractivity contribution in [2.75, 3.05) is 0 Å². The molecule has 12 heavy (non-hydrogen) atoms. The van der Waals surface area contributed by atoms with Gasteiger partial charge in [0.05, 0.1) is 10.2 Å². The van der Waals surface area contributed by atoms with Gasteiger partial charge in [-0.3, -0.25) is 0 Å². The van der Waals surface area contributed by atoms with Gasteiger partial charge in [-0.25, -0.2) is 9.98 Å². The van der Waals surface area contributed by atoms with Crippen LogP contribution in [0.2, 0.25) is 0 Å². The van der Waals surface area contributed by atoms with Gasteiger partial charge in [0.1, 0.15) is 0 Å². The lowest BCUT2D eigenvalue weighted by Gasteiger charge is -1.80. The Bertz CT molecular complexity index is 384. The van der Waals surface area contributed by atoms with Crippen molar-refractivity contribution < 1.29 is 0 Å². The fraction of sp³-hybridized carbons (Fsp3) is 0.111. The summed E-state index contributed by atoms with van der Waals surface area (Å²) in [5.74, 6) is 0. The molecule has 2 nitrogen and oxygen atoms in total. The first-order valence-electron chi connectivity index (χ1n) is 3.74. The summed E-state index contributed by atoms with van der Waals surface area (Å²) in [6.45, 7) is 1.89. The second-order valence-electron chi connectivity index (χ2n) is 2.35. The fourth-order valence-corrected chi connectivity index (χ4v) is 1.89. The maximum Gasteiger partial charge on any atom is 0.209 e. The van der Waals surface area contributed by atoms with E-state index in [2.05, 4.69) is 16.0 Å². The summed E-state index contributed by atoms with van der Waals surface area (Å²) in [5, 5.41) is 0.832. The first-order valence-corrected chi connectivity index (χ1v) is 4.56. The minimum absolute atomic E-state index is 0.832. The number of thiazole rings is 1. The summed E-state index contributed by atoms with van der Waals surface area (Å²) >= 11 is 1.61. The molecule has 0 saturated carbocycles. The number of hydrogen-bond acceptors (Lipinski definition) is 3. The first-order chi connectivity index (χ1) is 5.90. The lowest BCUT2D eigenvalue weighted by atomic mass is 10.3. The van der Waals surface area contributed by atoms with Gasteiger partial charge >= 0.3 is 0 Å². The Hall–Kier alpha value is -1.22. The largest absolute Gasteiger partial charge is 0.232 e. The Morgan fingerprint density at radius 2 is 2.25 bits per heavy atom. The van der Waals surface area contributed by atoms with Crippen LogP contribution in [-0.4, -0.2) is 11.2 Å². The summed E-state index contributed by atoms with van der Waals surface area (Å²) in [6, 6.07) is 8.06. The highest BCUT2D eigenvalue weighted by Gasteiger charge is 1.98. The Labute approximate surface area is 74.6 Å². The summed E-state index contributed by atoms with van der Waals surface area (Å²) in [6.07, 6.45) is 1.76. The van der Waals surface area contributed by atoms with Crippen LogP contribution in [-0.2, 0) is 0 Å². The highest BCUT2D eigenvalue weighted by atomic mass is 32.1. The lowest BCUT2D eigenvalue weighted by Crippen LogP contribution is -1.64. The van der Waals surface area contributed by atoms with Crippen LogP contribution in [0.1, 0.15) is 6.92 Å². The zero-order valence-electron chi connectivity index (χ0n) is 6.69. The fourth-order valence-electron chi connectivity index (χ4n) is 1.03. The molecule has 1 aromatic heterocycles. The third-order valence-electron chi connectivity index (χ3n) is 1.52. The van der Waals surface area contributed by atoms with Gasteiger partial charge in [0, 0.05) is 6.21 Å². The average Bonchev–Trinajstić information content (AvgIpc) is 2.47. The van der Waals surface area contributed by atoms with E-state index in [1.54, 1.807) is 17.6 Å². The van der Waals surface area contributed by atoms with E-state index in [4.69, 9.17) is 0 Å². The molecule has 0 fully saturated rings. The zero-order valence-corrected chi connectivity index (χ0v) is 7.51. The van der Waals surface area contributed by atoms with Crippen molar-refractivity contribution in [3.05, 3.63) is 24.3 Å². The standard InChI is InChI=1S/C9H8N2S/c1-2-10-9-11-7-5-3-4-6-8(7)12-9/h2-6H,1H3/b10-2+. The number of para-hydroxylation sites is 1. The van der Waals surface area contributed by atoms with Crippen molar-refractivity contribution in [2.24, 2.45) is 4.99 Å². The molecular weight excluding hydrogens is 168 g/mol. The van der Waals surface area contributed by atoms with E-state index in [0.29, 0.717) is 0 Å². The van der Waals surface area contributed by atoms with E-state index in [1.807, 2.05) is 25.1 Å². The number of hydrogen-bond donors (Lipinski definition) is 0. The SMILES string of the molecule is C/C=N/c1nc2ccccc2s1. The minimum atomic E-state index is 0.832. The molecular formula is C9H8N2S. The molecule has 0 N–H and O–H groups in total. The summed E-state index contributed by atoms with van der Waals surface area (Å²) in [7, 11) is 0. The van der Waals surface area contributed by atoms with Crippen molar-refractivity contribution >= 4 is 32.9 Å². The molecule has 0 bridgehead atoms. The Morgan fingerprint density at radius 3 is 3.00 bits per heavy atom. The molecule has 1 aromatic carbocycles. The number of benzene rings is 1. The van der Waals surface area contributed by atoms with Gasteiger partial charge < -0.3 is 0 Å². The molecule has 2 rings (SSSR count). The molecule has 0 aliphatic carbocycles. The maximum absolute atomic E-state index is 4.32. The predicted molar refractivity (Wildman–Crippen MR) is 53.4 cm³/mol. The second kappa shape index (κ2) is 3.03. The quantitative estimate of drug-likeness (QED) is 0.613.